The molecule has 0 saturated carbocycles. The molecular formula is C24H18F2N2O2. The summed E-state index contributed by atoms with van der Waals surface area (Å²) in [6, 6.07) is 16.2. The molecule has 3 aromatic rings. The molecule has 4 nitrogen and oxygen atoms in total. The van der Waals surface area contributed by atoms with Gasteiger partial charge < -0.3 is 5.32 Å². The lowest BCUT2D eigenvalue weighted by Gasteiger charge is -2.15. The molecule has 2 amide bonds. The van der Waals surface area contributed by atoms with E-state index in [0.29, 0.717) is 11.3 Å². The maximum absolute atomic E-state index is 13.4. The second-order valence-corrected chi connectivity index (χ2v) is 7.18. The minimum atomic E-state index is -0.565. The zero-order chi connectivity index (χ0) is 21.4. The second-order valence-electron chi connectivity index (χ2n) is 7.18. The summed E-state index contributed by atoms with van der Waals surface area (Å²) in [6.45, 7) is 3.86. The maximum atomic E-state index is 13.4. The molecule has 4 rings (SSSR count). The molecule has 0 unspecified atom stereocenters. The van der Waals surface area contributed by atoms with Gasteiger partial charge in [0.05, 0.1) is 11.3 Å². The smallest absolute Gasteiger partial charge is 0.282 e. The first-order chi connectivity index (χ1) is 14.3. The van der Waals surface area contributed by atoms with Crippen LogP contribution in [0.3, 0.4) is 0 Å². The van der Waals surface area contributed by atoms with Crippen LogP contribution >= 0.6 is 0 Å². The van der Waals surface area contributed by atoms with Gasteiger partial charge in [0.25, 0.3) is 11.8 Å². The van der Waals surface area contributed by atoms with E-state index in [1.165, 1.54) is 48.5 Å². The summed E-state index contributed by atoms with van der Waals surface area (Å²) in [5.74, 6) is -2.05. The van der Waals surface area contributed by atoms with Crippen LogP contribution < -0.4 is 10.2 Å². The first kappa shape index (κ1) is 19.5. The van der Waals surface area contributed by atoms with Gasteiger partial charge in [-0.15, -0.1) is 0 Å². The average Bonchev–Trinajstić information content (AvgIpc) is 2.93. The number of hydrogen-bond acceptors (Lipinski definition) is 3. The molecule has 0 atom stereocenters. The fraction of sp³-hybridized carbons (Fsp3) is 0.0833. The highest BCUT2D eigenvalue weighted by atomic mass is 19.1. The number of rotatable bonds is 4. The van der Waals surface area contributed by atoms with Gasteiger partial charge in [-0.3, -0.25) is 9.59 Å². The van der Waals surface area contributed by atoms with Crippen molar-refractivity contribution in [3.63, 3.8) is 0 Å². The Balaban J connectivity index is 1.83. The van der Waals surface area contributed by atoms with Crippen LogP contribution in [0.2, 0.25) is 0 Å². The van der Waals surface area contributed by atoms with E-state index in [2.05, 4.69) is 5.32 Å². The van der Waals surface area contributed by atoms with Crippen molar-refractivity contribution >= 4 is 28.8 Å². The van der Waals surface area contributed by atoms with Crippen LogP contribution in [-0.2, 0) is 9.59 Å². The number of benzene rings is 3. The molecule has 0 aromatic heterocycles. The molecule has 6 heteroatoms. The van der Waals surface area contributed by atoms with Gasteiger partial charge in [-0.2, -0.15) is 0 Å². The Kier molecular flexibility index (Phi) is 4.91. The van der Waals surface area contributed by atoms with E-state index in [1.54, 1.807) is 0 Å². The minimum absolute atomic E-state index is 0.0842. The van der Waals surface area contributed by atoms with Crippen molar-refractivity contribution < 1.29 is 18.4 Å². The first-order valence-electron chi connectivity index (χ1n) is 9.33. The molecule has 30 heavy (non-hydrogen) atoms. The molecule has 1 aliphatic heterocycles. The van der Waals surface area contributed by atoms with E-state index in [1.807, 2.05) is 32.0 Å². The van der Waals surface area contributed by atoms with Gasteiger partial charge in [0.1, 0.15) is 17.3 Å². The van der Waals surface area contributed by atoms with Crippen molar-refractivity contribution in [2.75, 3.05) is 10.2 Å². The fourth-order valence-electron chi connectivity index (χ4n) is 3.55. The summed E-state index contributed by atoms with van der Waals surface area (Å²) < 4.78 is 26.8. The van der Waals surface area contributed by atoms with Gasteiger partial charge in [0.2, 0.25) is 0 Å². The standard InChI is InChI=1S/C24H18F2N2O2/c1-14-11-15(2)13-19(12-14)27-22-21(16-3-5-17(25)6-4-16)23(29)28(24(22)30)20-9-7-18(26)8-10-20/h3-13,27H,1-2H3. The van der Waals surface area contributed by atoms with E-state index >= 15 is 0 Å². The number of anilines is 2. The highest BCUT2D eigenvalue weighted by Gasteiger charge is 2.40. The Morgan fingerprint density at radius 2 is 1.27 bits per heavy atom. The molecule has 3 aromatic carbocycles. The van der Waals surface area contributed by atoms with E-state index < -0.39 is 23.4 Å². The van der Waals surface area contributed by atoms with Crippen molar-refractivity contribution in [1.82, 2.24) is 0 Å². The second kappa shape index (κ2) is 7.55. The lowest BCUT2D eigenvalue weighted by atomic mass is 10.0. The largest absolute Gasteiger partial charge is 0.350 e. The van der Waals surface area contributed by atoms with Crippen molar-refractivity contribution in [3.05, 3.63) is 101 Å². The zero-order valence-electron chi connectivity index (χ0n) is 16.4. The van der Waals surface area contributed by atoms with Crippen LogP contribution in [-0.4, -0.2) is 11.8 Å². The first-order valence-corrected chi connectivity index (χ1v) is 9.33. The Morgan fingerprint density at radius 3 is 1.83 bits per heavy atom. The molecule has 1 heterocycles. The lowest BCUT2D eigenvalue weighted by Crippen LogP contribution is -2.32. The summed E-state index contributed by atoms with van der Waals surface area (Å²) in [5.41, 5.74) is 3.52. The van der Waals surface area contributed by atoms with Crippen molar-refractivity contribution in [1.29, 1.82) is 0 Å². The molecule has 150 valence electrons. The van der Waals surface area contributed by atoms with Crippen molar-refractivity contribution in [2.24, 2.45) is 0 Å². The molecule has 0 saturated heterocycles. The molecule has 1 N–H and O–H groups in total. The summed E-state index contributed by atoms with van der Waals surface area (Å²) in [4.78, 5) is 27.5. The Hall–Kier alpha value is -3.80. The van der Waals surface area contributed by atoms with E-state index in [9.17, 15) is 18.4 Å². The molecule has 1 aliphatic rings. The SMILES string of the molecule is Cc1cc(C)cc(NC2=C(c3ccc(F)cc3)C(=O)N(c3ccc(F)cc3)C2=O)c1. The molecule has 0 aliphatic carbocycles. The zero-order valence-corrected chi connectivity index (χ0v) is 16.4. The van der Waals surface area contributed by atoms with E-state index in [0.717, 1.165) is 16.0 Å². The molecule has 0 fully saturated rings. The van der Waals surface area contributed by atoms with Gasteiger partial charge in [-0.05, 0) is 79.1 Å². The number of carbonyl (C=O) groups excluding carboxylic acids is 2. The Morgan fingerprint density at radius 1 is 0.733 bits per heavy atom. The minimum Gasteiger partial charge on any atom is -0.350 e. The summed E-state index contributed by atoms with van der Waals surface area (Å²) in [5, 5.41) is 3.08. The third kappa shape index (κ3) is 3.59. The summed E-state index contributed by atoms with van der Waals surface area (Å²) in [7, 11) is 0. The normalized spacial score (nSPS) is 13.9. The number of nitrogens with one attached hydrogen (secondary N) is 1. The van der Waals surface area contributed by atoms with Gasteiger partial charge in [0, 0.05) is 5.69 Å². The number of aryl methyl sites for hydroxylation is 2. The average molecular weight is 404 g/mol. The number of imide groups is 1. The van der Waals surface area contributed by atoms with Crippen molar-refractivity contribution in [3.8, 4) is 0 Å². The molecule has 0 spiro atoms. The Labute approximate surface area is 172 Å². The van der Waals surface area contributed by atoms with Gasteiger partial charge >= 0.3 is 0 Å². The van der Waals surface area contributed by atoms with Gasteiger partial charge in [-0.1, -0.05) is 18.2 Å². The van der Waals surface area contributed by atoms with E-state index in [4.69, 9.17) is 0 Å². The van der Waals surface area contributed by atoms with Crippen molar-refractivity contribution in [2.45, 2.75) is 13.8 Å². The third-order valence-corrected chi connectivity index (χ3v) is 4.79. The highest BCUT2D eigenvalue weighted by molar-refractivity contribution is 6.46. The quantitative estimate of drug-likeness (QED) is 0.624. The van der Waals surface area contributed by atoms with Crippen LogP contribution in [0.5, 0.6) is 0 Å². The third-order valence-electron chi connectivity index (χ3n) is 4.79. The topological polar surface area (TPSA) is 49.4 Å². The monoisotopic (exact) mass is 404 g/mol. The molecular weight excluding hydrogens is 386 g/mol. The number of hydrogen-bond donors (Lipinski definition) is 1. The molecule has 0 radical (unpaired) electrons. The van der Waals surface area contributed by atoms with Crippen LogP contribution in [0, 0.1) is 25.5 Å². The molecule has 0 bridgehead atoms. The number of amides is 2. The predicted molar refractivity (Wildman–Crippen MR) is 112 cm³/mol. The fourth-order valence-corrected chi connectivity index (χ4v) is 3.55. The highest BCUT2D eigenvalue weighted by Crippen LogP contribution is 2.34. The van der Waals surface area contributed by atoms with Gasteiger partial charge in [0.15, 0.2) is 0 Å². The Bertz CT molecular complexity index is 1160. The van der Waals surface area contributed by atoms with E-state index in [-0.39, 0.29) is 17.0 Å². The number of carbonyl (C=O) groups is 2. The van der Waals surface area contributed by atoms with Crippen LogP contribution in [0.1, 0.15) is 16.7 Å². The maximum Gasteiger partial charge on any atom is 0.282 e. The van der Waals surface area contributed by atoms with Gasteiger partial charge in [-0.25, -0.2) is 13.7 Å². The number of halogens is 2. The summed E-state index contributed by atoms with van der Waals surface area (Å²) in [6.07, 6.45) is 0. The van der Waals surface area contributed by atoms with Crippen LogP contribution in [0.25, 0.3) is 5.57 Å². The van der Waals surface area contributed by atoms with Crippen LogP contribution in [0.4, 0.5) is 20.2 Å². The number of nitrogens with zero attached hydrogens (tertiary/aromatic N) is 1. The summed E-state index contributed by atoms with van der Waals surface area (Å²) >= 11 is 0. The predicted octanol–water partition coefficient (Wildman–Crippen LogP) is 4.98. The van der Waals surface area contributed by atoms with Crippen LogP contribution in [0.15, 0.2) is 72.4 Å². The lowest BCUT2D eigenvalue weighted by molar-refractivity contribution is -0.120.